The predicted octanol–water partition coefficient (Wildman–Crippen LogP) is 3.61. The van der Waals surface area contributed by atoms with Crippen LogP contribution in [-0.2, 0) is 10.2 Å². The highest BCUT2D eigenvalue weighted by Gasteiger charge is 2.41. The molecule has 1 heterocycles. The van der Waals surface area contributed by atoms with Crippen LogP contribution in [0.15, 0.2) is 30.6 Å². The summed E-state index contributed by atoms with van der Waals surface area (Å²) in [5.41, 5.74) is 0.0236. The molecule has 1 fully saturated rings. The number of imidazole rings is 1. The molecule has 116 valence electrons. The van der Waals surface area contributed by atoms with Crippen molar-refractivity contribution in [3.05, 3.63) is 47.8 Å². The lowest BCUT2D eigenvalue weighted by Gasteiger charge is -2.33. The van der Waals surface area contributed by atoms with E-state index >= 15 is 0 Å². The summed E-state index contributed by atoms with van der Waals surface area (Å²) in [5, 5.41) is 9.69. The van der Waals surface area contributed by atoms with Crippen LogP contribution >= 0.6 is 0 Å². The van der Waals surface area contributed by atoms with Gasteiger partial charge in [0.1, 0.15) is 11.6 Å². The minimum absolute atomic E-state index is 0.398. The van der Waals surface area contributed by atoms with Crippen molar-refractivity contribution in [1.29, 1.82) is 0 Å². The quantitative estimate of drug-likeness (QED) is 0.942. The molecule has 1 aliphatic rings. The lowest BCUT2D eigenvalue weighted by molar-refractivity contribution is -0.145. The number of benzene rings is 1. The van der Waals surface area contributed by atoms with Crippen LogP contribution < -0.4 is 0 Å². The number of hydrogen-bond acceptors (Lipinski definition) is 2. The highest BCUT2D eigenvalue weighted by molar-refractivity contribution is 5.81. The monoisotopic (exact) mass is 302 g/mol. The number of carboxylic acid groups (broad SMARTS) is 1. The first-order valence-corrected chi connectivity index (χ1v) is 7.58. The molecule has 1 aromatic heterocycles. The Hall–Kier alpha value is -2.17. The molecule has 0 radical (unpaired) electrons. The molecule has 0 saturated heterocycles. The molecule has 0 unspecified atom stereocenters. The third kappa shape index (κ3) is 2.30. The molecule has 0 aliphatic heterocycles. The van der Waals surface area contributed by atoms with Crippen LogP contribution in [-0.4, -0.2) is 20.6 Å². The molecule has 0 bridgehead atoms. The van der Waals surface area contributed by atoms with E-state index in [1.165, 1.54) is 6.07 Å². The third-order valence-electron chi connectivity index (χ3n) is 4.70. The molecule has 5 heteroatoms. The number of hydrogen-bond donors (Lipinski definition) is 1. The van der Waals surface area contributed by atoms with Gasteiger partial charge in [0.2, 0.25) is 0 Å². The fraction of sp³-hybridized carbons (Fsp3) is 0.412. The third-order valence-corrected chi connectivity index (χ3v) is 4.70. The van der Waals surface area contributed by atoms with Crippen LogP contribution in [0.2, 0.25) is 0 Å². The molecule has 4 nitrogen and oxygen atoms in total. The molecule has 1 aliphatic carbocycles. The van der Waals surface area contributed by atoms with Crippen molar-refractivity contribution in [2.75, 3.05) is 0 Å². The predicted molar refractivity (Wildman–Crippen MR) is 80.7 cm³/mol. The van der Waals surface area contributed by atoms with Crippen LogP contribution in [0.4, 0.5) is 4.39 Å². The Labute approximate surface area is 128 Å². The van der Waals surface area contributed by atoms with E-state index in [-0.39, 0.29) is 0 Å². The zero-order valence-electron chi connectivity index (χ0n) is 12.6. The van der Waals surface area contributed by atoms with Crippen molar-refractivity contribution in [3.8, 4) is 5.69 Å². The Balaban J connectivity index is 2.04. The van der Waals surface area contributed by atoms with Crippen molar-refractivity contribution in [2.45, 2.75) is 44.4 Å². The molecule has 0 amide bonds. The van der Waals surface area contributed by atoms with Crippen molar-refractivity contribution in [3.63, 3.8) is 0 Å². The Morgan fingerprint density at radius 3 is 2.59 bits per heavy atom. The molecule has 0 atom stereocenters. The van der Waals surface area contributed by atoms with E-state index in [1.54, 1.807) is 36.0 Å². The summed E-state index contributed by atoms with van der Waals surface area (Å²) in [6.45, 7) is 1.80. The second-order valence-electron chi connectivity index (χ2n) is 5.96. The second-order valence-corrected chi connectivity index (χ2v) is 5.96. The number of nitrogens with zero attached hydrogens (tertiary/aromatic N) is 2. The number of aryl methyl sites for hydroxylation is 1. The average molecular weight is 302 g/mol. The smallest absolute Gasteiger partial charge is 0.314 e. The maximum Gasteiger partial charge on any atom is 0.314 e. The maximum atomic E-state index is 14.5. The highest BCUT2D eigenvalue weighted by atomic mass is 19.1. The van der Waals surface area contributed by atoms with Crippen LogP contribution in [0.3, 0.4) is 0 Å². The van der Waals surface area contributed by atoms with Gasteiger partial charge in [-0.05, 0) is 37.5 Å². The fourth-order valence-electron chi connectivity index (χ4n) is 3.41. The van der Waals surface area contributed by atoms with Gasteiger partial charge < -0.3 is 9.67 Å². The number of aromatic nitrogens is 2. The van der Waals surface area contributed by atoms with E-state index in [4.69, 9.17) is 0 Å². The van der Waals surface area contributed by atoms with Crippen LogP contribution in [0.25, 0.3) is 5.69 Å². The van der Waals surface area contributed by atoms with E-state index in [0.29, 0.717) is 29.9 Å². The number of aliphatic carboxylic acids is 1. The van der Waals surface area contributed by atoms with Crippen LogP contribution in [0, 0.1) is 12.7 Å². The maximum absolute atomic E-state index is 14.5. The second kappa shape index (κ2) is 5.55. The molecule has 1 N–H and O–H groups in total. The normalized spacial score (nSPS) is 17.4. The number of rotatable bonds is 3. The molecule has 1 aromatic carbocycles. The van der Waals surface area contributed by atoms with Gasteiger partial charge in [-0.25, -0.2) is 9.37 Å². The topological polar surface area (TPSA) is 55.1 Å². The first-order valence-electron chi connectivity index (χ1n) is 7.58. The molecule has 1 saturated carbocycles. The zero-order valence-corrected chi connectivity index (χ0v) is 12.6. The molecule has 0 spiro atoms. The summed E-state index contributed by atoms with van der Waals surface area (Å²) in [6.07, 6.45) is 7.25. The summed E-state index contributed by atoms with van der Waals surface area (Å²) in [7, 11) is 0. The molecule has 2 aromatic rings. The summed E-state index contributed by atoms with van der Waals surface area (Å²) in [6, 6.07) is 4.78. The van der Waals surface area contributed by atoms with Gasteiger partial charge in [0, 0.05) is 12.4 Å². The van der Waals surface area contributed by atoms with Gasteiger partial charge in [-0.15, -0.1) is 0 Å². The first-order chi connectivity index (χ1) is 10.5. The zero-order chi connectivity index (χ0) is 15.7. The Morgan fingerprint density at radius 2 is 2.05 bits per heavy atom. The molecular formula is C17H19FN2O2. The van der Waals surface area contributed by atoms with Gasteiger partial charge in [-0.3, -0.25) is 4.79 Å². The highest BCUT2D eigenvalue weighted by Crippen LogP contribution is 2.40. The van der Waals surface area contributed by atoms with Gasteiger partial charge in [0.05, 0.1) is 11.1 Å². The summed E-state index contributed by atoms with van der Waals surface area (Å²) >= 11 is 0. The van der Waals surface area contributed by atoms with Crippen LogP contribution in [0.1, 0.15) is 43.5 Å². The van der Waals surface area contributed by atoms with E-state index in [2.05, 4.69) is 4.98 Å². The number of carbonyl (C=O) groups is 1. The number of carboxylic acids is 1. The lowest BCUT2D eigenvalue weighted by Crippen LogP contribution is -2.37. The fourth-order valence-corrected chi connectivity index (χ4v) is 3.41. The molecule has 22 heavy (non-hydrogen) atoms. The van der Waals surface area contributed by atoms with Crippen LogP contribution in [0.5, 0.6) is 0 Å². The molecule has 3 rings (SSSR count). The largest absolute Gasteiger partial charge is 0.481 e. The SMILES string of the molecule is Cc1nccn1-c1ccc(C2(C(=O)O)CCCCC2)cc1F. The minimum atomic E-state index is -0.943. The van der Waals surface area contributed by atoms with Crippen molar-refractivity contribution in [1.82, 2.24) is 9.55 Å². The summed E-state index contributed by atoms with van der Waals surface area (Å²) in [4.78, 5) is 15.9. The Bertz CT molecular complexity index is 702. The van der Waals surface area contributed by atoms with Crippen molar-refractivity contribution in [2.24, 2.45) is 0 Å². The van der Waals surface area contributed by atoms with E-state index in [9.17, 15) is 14.3 Å². The van der Waals surface area contributed by atoms with Gasteiger partial charge >= 0.3 is 5.97 Å². The summed E-state index contributed by atoms with van der Waals surface area (Å²) < 4.78 is 16.2. The van der Waals surface area contributed by atoms with Gasteiger partial charge in [0.25, 0.3) is 0 Å². The van der Waals surface area contributed by atoms with Crippen molar-refractivity contribution < 1.29 is 14.3 Å². The van der Waals surface area contributed by atoms with Crippen molar-refractivity contribution >= 4 is 5.97 Å². The van der Waals surface area contributed by atoms with Gasteiger partial charge in [-0.2, -0.15) is 0 Å². The van der Waals surface area contributed by atoms with E-state index < -0.39 is 17.2 Å². The lowest BCUT2D eigenvalue weighted by atomic mass is 9.69. The standard InChI is InChI=1S/C17H19FN2O2/c1-12-19-9-10-20(12)15-6-5-13(11-14(15)18)17(16(21)22)7-3-2-4-8-17/h5-6,9-11H,2-4,7-8H2,1H3,(H,21,22). The van der Waals surface area contributed by atoms with Gasteiger partial charge in [-0.1, -0.05) is 25.3 Å². The Kier molecular flexibility index (Phi) is 3.72. The summed E-state index contributed by atoms with van der Waals surface area (Å²) in [5.74, 6) is -0.569. The van der Waals surface area contributed by atoms with Gasteiger partial charge in [0.15, 0.2) is 0 Å². The van der Waals surface area contributed by atoms with E-state index in [1.807, 2.05) is 0 Å². The molecular weight excluding hydrogens is 283 g/mol. The average Bonchev–Trinajstić information content (AvgIpc) is 2.93. The minimum Gasteiger partial charge on any atom is -0.481 e. The van der Waals surface area contributed by atoms with E-state index in [0.717, 1.165) is 19.3 Å². The Morgan fingerprint density at radius 1 is 1.32 bits per heavy atom. The first kappa shape index (κ1) is 14.8. The number of halogens is 1.